The Morgan fingerprint density at radius 3 is 2.82 bits per heavy atom. The Hall–Kier alpha value is -1.86. The highest BCUT2D eigenvalue weighted by molar-refractivity contribution is 9.10. The van der Waals surface area contributed by atoms with E-state index in [-0.39, 0.29) is 12.5 Å². The van der Waals surface area contributed by atoms with Crippen molar-refractivity contribution in [2.24, 2.45) is 5.73 Å². The lowest BCUT2D eigenvalue weighted by Gasteiger charge is -2.09. The molecule has 0 aliphatic carbocycles. The Morgan fingerprint density at radius 2 is 2.18 bits per heavy atom. The van der Waals surface area contributed by atoms with Crippen molar-refractivity contribution in [3.05, 3.63) is 33.9 Å². The van der Waals surface area contributed by atoms with Gasteiger partial charge in [0.1, 0.15) is 11.7 Å². The zero-order valence-corrected chi connectivity index (χ0v) is 13.7. The van der Waals surface area contributed by atoms with Crippen LogP contribution < -0.4 is 11.1 Å². The summed E-state index contributed by atoms with van der Waals surface area (Å²) in [6.07, 6.45) is 1.64. The molecular weight excluding hydrogens is 350 g/mol. The zero-order chi connectivity index (χ0) is 16.3. The number of nitrogens with one attached hydrogen (secondary N) is 2. The number of halogens is 1. The minimum Gasteiger partial charge on any atom is -0.480 e. The van der Waals surface area contributed by atoms with Gasteiger partial charge in [-0.05, 0) is 24.1 Å². The van der Waals surface area contributed by atoms with E-state index in [2.05, 4.69) is 26.2 Å². The summed E-state index contributed by atoms with van der Waals surface area (Å²) in [5.74, 6) is -1.49. The Bertz CT molecular complexity index is 711. The van der Waals surface area contributed by atoms with Crippen molar-refractivity contribution in [3.8, 4) is 0 Å². The summed E-state index contributed by atoms with van der Waals surface area (Å²) < 4.78 is 0.922. The second-order valence-electron chi connectivity index (χ2n) is 5.05. The van der Waals surface area contributed by atoms with Crippen molar-refractivity contribution >= 4 is 38.7 Å². The molecule has 0 spiro atoms. The van der Waals surface area contributed by atoms with Crippen LogP contribution in [0.25, 0.3) is 10.9 Å². The van der Waals surface area contributed by atoms with Crippen LogP contribution in [-0.2, 0) is 11.2 Å². The number of rotatable bonds is 6. The third-order valence-electron chi connectivity index (χ3n) is 3.40. The number of nitrogens with two attached hydrogens (primary N) is 1. The fourth-order valence-corrected chi connectivity index (χ4v) is 2.95. The average Bonchev–Trinajstić information content (AvgIpc) is 2.85. The van der Waals surface area contributed by atoms with Crippen LogP contribution in [0, 0.1) is 0 Å². The monoisotopic (exact) mass is 367 g/mol. The van der Waals surface area contributed by atoms with Gasteiger partial charge in [0.15, 0.2) is 0 Å². The number of carboxylic acids is 1. The number of hydrogen-bond acceptors (Lipinski definition) is 3. The predicted molar refractivity (Wildman–Crippen MR) is 87.9 cm³/mol. The van der Waals surface area contributed by atoms with Gasteiger partial charge in [0.05, 0.1) is 0 Å². The number of H-pyrrole nitrogens is 1. The first kappa shape index (κ1) is 16.5. The molecule has 6 nitrogen and oxygen atoms in total. The zero-order valence-electron chi connectivity index (χ0n) is 12.1. The molecule has 0 bridgehead atoms. The lowest BCUT2D eigenvalue weighted by Crippen LogP contribution is -2.42. The third-order valence-corrected chi connectivity index (χ3v) is 4.06. The molecule has 1 heterocycles. The fourth-order valence-electron chi connectivity index (χ4n) is 2.34. The van der Waals surface area contributed by atoms with Gasteiger partial charge in [0.25, 0.3) is 5.91 Å². The molecule has 0 aliphatic heterocycles. The number of aliphatic carboxylic acids is 1. The van der Waals surface area contributed by atoms with E-state index in [0.29, 0.717) is 5.69 Å². The second-order valence-corrected chi connectivity index (χ2v) is 5.90. The molecule has 22 heavy (non-hydrogen) atoms. The first-order valence-electron chi connectivity index (χ1n) is 7.01. The molecule has 118 valence electrons. The van der Waals surface area contributed by atoms with Gasteiger partial charge in [-0.2, -0.15) is 0 Å². The highest BCUT2D eigenvalue weighted by atomic mass is 79.9. The van der Waals surface area contributed by atoms with E-state index in [1.165, 1.54) is 0 Å². The maximum absolute atomic E-state index is 12.3. The van der Waals surface area contributed by atoms with E-state index < -0.39 is 12.0 Å². The largest absolute Gasteiger partial charge is 0.480 e. The maximum atomic E-state index is 12.3. The summed E-state index contributed by atoms with van der Waals surface area (Å²) in [6, 6.07) is 4.60. The lowest BCUT2D eigenvalue weighted by molar-refractivity contribution is -0.138. The van der Waals surface area contributed by atoms with Crippen LogP contribution >= 0.6 is 15.9 Å². The highest BCUT2D eigenvalue weighted by Gasteiger charge is 2.20. The molecule has 1 aromatic heterocycles. The molecule has 2 aromatic rings. The van der Waals surface area contributed by atoms with E-state index in [0.717, 1.165) is 33.8 Å². The van der Waals surface area contributed by atoms with Crippen LogP contribution in [0.2, 0.25) is 0 Å². The molecule has 0 saturated heterocycles. The van der Waals surface area contributed by atoms with Gasteiger partial charge in [-0.15, -0.1) is 0 Å². The molecule has 0 aliphatic rings. The van der Waals surface area contributed by atoms with Gasteiger partial charge in [0.2, 0.25) is 0 Å². The number of carboxylic acid groups (broad SMARTS) is 1. The maximum Gasteiger partial charge on any atom is 0.322 e. The molecule has 7 heteroatoms. The smallest absolute Gasteiger partial charge is 0.322 e. The van der Waals surface area contributed by atoms with Crippen molar-refractivity contribution < 1.29 is 14.7 Å². The number of aromatic amines is 1. The van der Waals surface area contributed by atoms with Gasteiger partial charge < -0.3 is 21.1 Å². The van der Waals surface area contributed by atoms with Crippen molar-refractivity contribution in [1.82, 2.24) is 10.3 Å². The number of amides is 1. The molecule has 0 radical (unpaired) electrons. The molecule has 0 fully saturated rings. The van der Waals surface area contributed by atoms with Gasteiger partial charge >= 0.3 is 5.97 Å². The highest BCUT2D eigenvalue weighted by Crippen LogP contribution is 2.30. The Kier molecular flexibility index (Phi) is 5.20. The van der Waals surface area contributed by atoms with Crippen molar-refractivity contribution in [2.75, 3.05) is 6.54 Å². The van der Waals surface area contributed by atoms with E-state index in [4.69, 9.17) is 10.8 Å². The van der Waals surface area contributed by atoms with Crippen LogP contribution in [0.4, 0.5) is 0 Å². The number of carbonyl (C=O) groups excluding carboxylic acids is 1. The van der Waals surface area contributed by atoms with Gasteiger partial charge in [-0.25, -0.2) is 0 Å². The number of aryl methyl sites for hydroxylation is 1. The van der Waals surface area contributed by atoms with Crippen molar-refractivity contribution in [1.29, 1.82) is 0 Å². The van der Waals surface area contributed by atoms with E-state index >= 15 is 0 Å². The minimum absolute atomic E-state index is 0.115. The van der Waals surface area contributed by atoms with Crippen LogP contribution in [0.1, 0.15) is 29.4 Å². The van der Waals surface area contributed by atoms with E-state index in [9.17, 15) is 9.59 Å². The summed E-state index contributed by atoms with van der Waals surface area (Å²) in [6.45, 7) is 1.92. The molecule has 5 N–H and O–H groups in total. The third kappa shape index (κ3) is 3.31. The number of benzene rings is 1. The SMILES string of the molecule is CCCc1c(C(=O)NCC(N)C(=O)O)[nH]c2cccc(Br)c12. The van der Waals surface area contributed by atoms with Crippen LogP contribution in [0.3, 0.4) is 0 Å². The lowest BCUT2D eigenvalue weighted by atomic mass is 10.1. The van der Waals surface area contributed by atoms with E-state index in [1.54, 1.807) is 0 Å². The summed E-state index contributed by atoms with van der Waals surface area (Å²) >= 11 is 3.51. The molecule has 1 aromatic carbocycles. The number of carbonyl (C=O) groups is 2. The van der Waals surface area contributed by atoms with Gasteiger partial charge in [-0.3, -0.25) is 9.59 Å². The van der Waals surface area contributed by atoms with Crippen molar-refractivity contribution in [3.63, 3.8) is 0 Å². The molecule has 1 atom stereocenters. The van der Waals surface area contributed by atoms with Crippen molar-refractivity contribution in [2.45, 2.75) is 25.8 Å². The summed E-state index contributed by atoms with van der Waals surface area (Å²) in [4.78, 5) is 26.2. The Morgan fingerprint density at radius 1 is 1.45 bits per heavy atom. The van der Waals surface area contributed by atoms with Gasteiger partial charge in [0, 0.05) is 21.9 Å². The minimum atomic E-state index is -1.14. The first-order valence-corrected chi connectivity index (χ1v) is 7.80. The van der Waals surface area contributed by atoms with Crippen LogP contribution in [0.15, 0.2) is 22.7 Å². The normalized spacial score (nSPS) is 12.3. The topological polar surface area (TPSA) is 108 Å². The van der Waals surface area contributed by atoms with E-state index in [1.807, 2.05) is 25.1 Å². The molecule has 2 rings (SSSR count). The first-order chi connectivity index (χ1) is 10.5. The molecule has 1 unspecified atom stereocenters. The summed E-state index contributed by atoms with van der Waals surface area (Å²) in [7, 11) is 0. The van der Waals surface area contributed by atoms with Crippen LogP contribution in [0.5, 0.6) is 0 Å². The number of aromatic nitrogens is 1. The molecule has 1 amide bonds. The molecular formula is C15H18BrN3O3. The second kappa shape index (κ2) is 6.93. The average molecular weight is 368 g/mol. The van der Waals surface area contributed by atoms with Gasteiger partial charge in [-0.1, -0.05) is 35.3 Å². The standard InChI is InChI=1S/C15H18BrN3O3/c1-2-4-8-12-9(16)5-3-6-11(12)19-13(8)14(20)18-7-10(17)15(21)22/h3,5-6,10,19H,2,4,7,17H2,1H3,(H,18,20)(H,21,22). The Balaban J connectivity index is 2.33. The number of hydrogen-bond donors (Lipinski definition) is 4. The summed E-state index contributed by atoms with van der Waals surface area (Å²) in [5, 5.41) is 12.3. The Labute approximate surface area is 136 Å². The fraction of sp³-hybridized carbons (Fsp3) is 0.333. The van der Waals surface area contributed by atoms with Crippen LogP contribution in [-0.4, -0.2) is 34.6 Å². The quantitative estimate of drug-likeness (QED) is 0.626. The number of fused-ring (bicyclic) bond motifs is 1. The predicted octanol–water partition coefficient (Wildman–Crippen LogP) is 2.02. The summed E-state index contributed by atoms with van der Waals surface area (Å²) in [5.41, 5.74) is 7.66. The molecule has 0 saturated carbocycles.